The van der Waals surface area contributed by atoms with Gasteiger partial charge in [0.1, 0.15) is 18.6 Å². The minimum Gasteiger partial charge on any atom is -0.480 e. The molecule has 9 nitrogen and oxygen atoms in total. The average Bonchev–Trinajstić information content (AvgIpc) is 2.69. The van der Waals surface area contributed by atoms with Crippen molar-refractivity contribution in [3.63, 3.8) is 0 Å². The van der Waals surface area contributed by atoms with Crippen molar-refractivity contribution >= 4 is 23.7 Å². The summed E-state index contributed by atoms with van der Waals surface area (Å²) < 4.78 is 0. The molecule has 0 aliphatic heterocycles. The van der Waals surface area contributed by atoms with E-state index in [0.717, 1.165) is 5.56 Å². The molecule has 1 rings (SSSR count). The third kappa shape index (κ3) is 8.30. The van der Waals surface area contributed by atoms with Gasteiger partial charge in [-0.3, -0.25) is 19.2 Å². The first kappa shape index (κ1) is 24.1. The van der Waals surface area contributed by atoms with Crippen LogP contribution in [-0.2, 0) is 25.6 Å². The molecule has 0 fully saturated rings. The number of nitrogens with two attached hydrogens (primary N) is 1. The average molecular weight is 406 g/mol. The van der Waals surface area contributed by atoms with E-state index < -0.39 is 48.4 Å². The minimum absolute atomic E-state index is 0.217. The van der Waals surface area contributed by atoms with Gasteiger partial charge in [-0.15, -0.1) is 0 Å². The molecule has 160 valence electrons. The lowest BCUT2D eigenvalue weighted by molar-refractivity contribution is -0.139. The largest absolute Gasteiger partial charge is 0.480 e. The summed E-state index contributed by atoms with van der Waals surface area (Å²) in [4.78, 5) is 48.1. The van der Waals surface area contributed by atoms with Gasteiger partial charge in [-0.25, -0.2) is 0 Å². The lowest BCUT2D eigenvalue weighted by Crippen LogP contribution is -2.57. The lowest BCUT2D eigenvalue weighted by atomic mass is 9.97. The van der Waals surface area contributed by atoms with Crippen LogP contribution in [0.5, 0.6) is 0 Å². The van der Waals surface area contributed by atoms with E-state index in [4.69, 9.17) is 10.8 Å². The van der Waals surface area contributed by atoms with E-state index >= 15 is 0 Å². The van der Waals surface area contributed by atoms with Crippen molar-refractivity contribution in [2.75, 3.05) is 6.54 Å². The van der Waals surface area contributed by atoms with E-state index in [1.807, 2.05) is 37.3 Å². The number of carboxylic acid groups (broad SMARTS) is 1. The summed E-state index contributed by atoms with van der Waals surface area (Å²) in [6.07, 6.45) is 0.802. The van der Waals surface area contributed by atoms with Gasteiger partial charge in [0, 0.05) is 6.42 Å². The maximum atomic E-state index is 12.9. The number of hydrogen-bond acceptors (Lipinski definition) is 5. The summed E-state index contributed by atoms with van der Waals surface area (Å²) >= 11 is 0. The fraction of sp³-hybridized carbons (Fsp3) is 0.500. The highest BCUT2D eigenvalue weighted by Crippen LogP contribution is 2.10. The predicted molar refractivity (Wildman–Crippen MR) is 108 cm³/mol. The second-order valence-electron chi connectivity index (χ2n) is 7.02. The molecule has 0 spiro atoms. The zero-order valence-electron chi connectivity index (χ0n) is 17.0. The van der Waals surface area contributed by atoms with E-state index in [1.54, 1.807) is 6.92 Å². The zero-order valence-corrected chi connectivity index (χ0v) is 17.0. The fourth-order valence-corrected chi connectivity index (χ4v) is 2.59. The van der Waals surface area contributed by atoms with Gasteiger partial charge in [-0.2, -0.15) is 0 Å². The predicted octanol–water partition coefficient (Wildman–Crippen LogP) is -0.207. The van der Waals surface area contributed by atoms with Crippen molar-refractivity contribution < 1.29 is 24.3 Å². The van der Waals surface area contributed by atoms with E-state index in [0.29, 0.717) is 6.42 Å². The molecular weight excluding hydrogens is 376 g/mol. The van der Waals surface area contributed by atoms with Crippen LogP contribution < -0.4 is 21.7 Å². The number of carbonyl (C=O) groups is 4. The molecule has 0 aliphatic carbocycles. The molecule has 3 amide bonds. The standard InChI is InChI=1S/C20H30N4O5/c1-4-12(2)17(20(29)22-11-16(25)26)24-19(28)15(23-18(27)13(3)21)10-14-8-6-5-7-9-14/h5-9,12-13,15,17H,4,10-11,21H2,1-3H3,(H,22,29)(H,23,27)(H,24,28)(H,25,26). The Hall–Kier alpha value is -2.94. The molecule has 1 aromatic carbocycles. The van der Waals surface area contributed by atoms with Crippen molar-refractivity contribution in [3.05, 3.63) is 35.9 Å². The number of rotatable bonds is 11. The molecule has 6 N–H and O–H groups in total. The van der Waals surface area contributed by atoms with Gasteiger partial charge in [0.25, 0.3) is 0 Å². The number of benzene rings is 1. The minimum atomic E-state index is -1.18. The van der Waals surface area contributed by atoms with Crippen molar-refractivity contribution in [2.24, 2.45) is 11.7 Å². The highest BCUT2D eigenvalue weighted by molar-refractivity contribution is 5.93. The first-order valence-electron chi connectivity index (χ1n) is 9.55. The first-order chi connectivity index (χ1) is 13.6. The molecule has 0 aliphatic rings. The monoisotopic (exact) mass is 406 g/mol. The fourth-order valence-electron chi connectivity index (χ4n) is 2.59. The quantitative estimate of drug-likeness (QED) is 0.343. The zero-order chi connectivity index (χ0) is 22.0. The lowest BCUT2D eigenvalue weighted by Gasteiger charge is -2.26. The van der Waals surface area contributed by atoms with Crippen LogP contribution in [0.2, 0.25) is 0 Å². The van der Waals surface area contributed by atoms with Crippen LogP contribution in [0, 0.1) is 5.92 Å². The normalized spacial score (nSPS) is 14.8. The summed E-state index contributed by atoms with van der Waals surface area (Å²) in [6, 6.07) is 6.45. The van der Waals surface area contributed by atoms with Gasteiger partial charge >= 0.3 is 5.97 Å². The van der Waals surface area contributed by atoms with Crippen LogP contribution in [-0.4, -0.2) is 53.5 Å². The number of nitrogens with one attached hydrogen (secondary N) is 3. The van der Waals surface area contributed by atoms with E-state index in [-0.39, 0.29) is 12.3 Å². The molecule has 29 heavy (non-hydrogen) atoms. The number of hydrogen-bond donors (Lipinski definition) is 5. The van der Waals surface area contributed by atoms with Crippen LogP contribution in [0.3, 0.4) is 0 Å². The third-order valence-electron chi connectivity index (χ3n) is 4.54. The Balaban J connectivity index is 2.99. The van der Waals surface area contributed by atoms with Crippen molar-refractivity contribution in [1.29, 1.82) is 0 Å². The SMILES string of the molecule is CCC(C)C(NC(=O)C(Cc1ccccc1)NC(=O)C(C)N)C(=O)NCC(=O)O. The van der Waals surface area contributed by atoms with Gasteiger partial charge in [-0.1, -0.05) is 50.6 Å². The van der Waals surface area contributed by atoms with Crippen LogP contribution >= 0.6 is 0 Å². The molecule has 0 saturated heterocycles. The molecule has 0 bridgehead atoms. The Morgan fingerprint density at radius 1 is 1.00 bits per heavy atom. The van der Waals surface area contributed by atoms with Crippen molar-refractivity contribution in [3.8, 4) is 0 Å². The summed E-state index contributed by atoms with van der Waals surface area (Å²) in [7, 11) is 0. The number of aliphatic carboxylic acids is 1. The Morgan fingerprint density at radius 3 is 2.14 bits per heavy atom. The topological polar surface area (TPSA) is 151 Å². The first-order valence-corrected chi connectivity index (χ1v) is 9.55. The molecule has 0 heterocycles. The van der Waals surface area contributed by atoms with E-state index in [2.05, 4.69) is 16.0 Å². The summed E-state index contributed by atoms with van der Waals surface area (Å²) in [5, 5.41) is 16.3. The third-order valence-corrected chi connectivity index (χ3v) is 4.54. The van der Waals surface area contributed by atoms with Crippen LogP contribution in [0.4, 0.5) is 0 Å². The van der Waals surface area contributed by atoms with Crippen molar-refractivity contribution in [2.45, 2.75) is 51.7 Å². The van der Waals surface area contributed by atoms with E-state index in [1.165, 1.54) is 6.92 Å². The smallest absolute Gasteiger partial charge is 0.322 e. The van der Waals surface area contributed by atoms with Gasteiger partial charge in [-0.05, 0) is 18.4 Å². The maximum Gasteiger partial charge on any atom is 0.322 e. The molecule has 0 radical (unpaired) electrons. The highest BCUT2D eigenvalue weighted by Gasteiger charge is 2.30. The van der Waals surface area contributed by atoms with Crippen LogP contribution in [0.1, 0.15) is 32.8 Å². The summed E-state index contributed by atoms with van der Waals surface area (Å²) in [5.41, 5.74) is 6.43. The molecule has 0 saturated carbocycles. The van der Waals surface area contributed by atoms with Crippen LogP contribution in [0.15, 0.2) is 30.3 Å². The maximum absolute atomic E-state index is 12.9. The second-order valence-corrected chi connectivity index (χ2v) is 7.02. The molecule has 0 aromatic heterocycles. The molecular formula is C20H30N4O5. The highest BCUT2D eigenvalue weighted by atomic mass is 16.4. The Labute approximate surface area is 170 Å². The van der Waals surface area contributed by atoms with Gasteiger partial charge in [0.15, 0.2) is 0 Å². The van der Waals surface area contributed by atoms with Gasteiger partial charge in [0.05, 0.1) is 6.04 Å². The molecule has 4 atom stereocenters. The molecule has 9 heteroatoms. The summed E-state index contributed by atoms with van der Waals surface area (Å²) in [5.74, 6) is -3.05. The van der Waals surface area contributed by atoms with Crippen LogP contribution in [0.25, 0.3) is 0 Å². The Bertz CT molecular complexity index is 708. The molecule has 4 unspecified atom stereocenters. The second kappa shape index (κ2) is 11.8. The van der Waals surface area contributed by atoms with Crippen molar-refractivity contribution in [1.82, 2.24) is 16.0 Å². The van der Waals surface area contributed by atoms with E-state index in [9.17, 15) is 19.2 Å². The summed E-state index contributed by atoms with van der Waals surface area (Å²) in [6.45, 7) is 4.59. The van der Waals surface area contributed by atoms with Gasteiger partial charge < -0.3 is 26.8 Å². The Kier molecular flexibility index (Phi) is 9.81. The number of carboxylic acids is 1. The van der Waals surface area contributed by atoms with Gasteiger partial charge in [0.2, 0.25) is 17.7 Å². The number of carbonyl (C=O) groups excluding carboxylic acids is 3. The number of amides is 3. The molecule has 1 aromatic rings. The Morgan fingerprint density at radius 2 is 1.62 bits per heavy atom.